The number of hydrogen-bond acceptors (Lipinski definition) is 2. The summed E-state index contributed by atoms with van der Waals surface area (Å²) < 4.78 is 38.6. The Morgan fingerprint density at radius 3 is 2.46 bits per heavy atom. The van der Waals surface area contributed by atoms with E-state index in [-0.39, 0.29) is 29.6 Å². The van der Waals surface area contributed by atoms with Crippen molar-refractivity contribution in [1.29, 1.82) is 0 Å². The van der Waals surface area contributed by atoms with Crippen LogP contribution in [0.2, 0.25) is 5.02 Å². The highest BCUT2D eigenvalue weighted by Gasteiger charge is 2.33. The molecule has 0 aliphatic heterocycles. The maximum Gasteiger partial charge on any atom is 0.417 e. The highest BCUT2D eigenvalue weighted by atomic mass is 35.5. The number of rotatable bonds is 7. The zero-order chi connectivity index (χ0) is 19.2. The minimum atomic E-state index is -4.51. The van der Waals surface area contributed by atoms with Gasteiger partial charge in [-0.05, 0) is 30.7 Å². The van der Waals surface area contributed by atoms with E-state index >= 15 is 0 Å². The van der Waals surface area contributed by atoms with E-state index < -0.39 is 11.7 Å². The van der Waals surface area contributed by atoms with Crippen LogP contribution >= 0.6 is 11.6 Å². The molecule has 2 aromatic carbocycles. The number of alkyl halides is 3. The molecule has 2 aromatic rings. The van der Waals surface area contributed by atoms with Crippen molar-refractivity contribution >= 4 is 23.2 Å². The quantitative estimate of drug-likeness (QED) is 0.710. The molecule has 0 heterocycles. The van der Waals surface area contributed by atoms with E-state index in [4.69, 9.17) is 11.6 Å². The van der Waals surface area contributed by atoms with Gasteiger partial charge in [0.25, 0.3) is 0 Å². The van der Waals surface area contributed by atoms with E-state index in [9.17, 15) is 18.0 Å². The van der Waals surface area contributed by atoms with Gasteiger partial charge in [0.2, 0.25) is 5.91 Å². The average molecular weight is 385 g/mol. The lowest BCUT2D eigenvalue weighted by molar-refractivity contribution is -0.137. The molecule has 0 aliphatic rings. The summed E-state index contributed by atoms with van der Waals surface area (Å²) in [6.45, 7) is 3.20. The molecule has 0 saturated carbocycles. The van der Waals surface area contributed by atoms with Crippen molar-refractivity contribution in [3.8, 4) is 0 Å². The maximum atomic E-state index is 12.9. The van der Waals surface area contributed by atoms with E-state index in [1.807, 2.05) is 37.3 Å². The molecule has 0 unspecified atom stereocenters. The molecule has 0 aromatic heterocycles. The van der Waals surface area contributed by atoms with Crippen molar-refractivity contribution < 1.29 is 18.0 Å². The number of hydrogen-bond donors (Lipinski definition) is 1. The average Bonchev–Trinajstić information content (AvgIpc) is 2.61. The molecule has 26 heavy (non-hydrogen) atoms. The number of benzene rings is 2. The molecule has 140 valence electrons. The Labute approximate surface area is 155 Å². The van der Waals surface area contributed by atoms with Crippen molar-refractivity contribution in [2.24, 2.45) is 0 Å². The molecule has 2 rings (SSSR count). The Morgan fingerprint density at radius 2 is 1.85 bits per heavy atom. The Hall–Kier alpha value is -2.21. The number of nitrogens with one attached hydrogen (secondary N) is 1. The zero-order valence-corrected chi connectivity index (χ0v) is 15.1. The lowest BCUT2D eigenvalue weighted by Gasteiger charge is -2.21. The molecule has 0 atom stereocenters. The van der Waals surface area contributed by atoms with E-state index in [0.29, 0.717) is 13.1 Å². The molecular weight excluding hydrogens is 365 g/mol. The second-order valence-electron chi connectivity index (χ2n) is 5.76. The molecule has 1 N–H and O–H groups in total. The summed E-state index contributed by atoms with van der Waals surface area (Å²) in [6, 6.07) is 13.2. The third-order valence-corrected chi connectivity index (χ3v) is 4.22. The number of halogens is 4. The summed E-state index contributed by atoms with van der Waals surface area (Å²) in [7, 11) is 0. The molecule has 0 bridgehead atoms. The number of carbonyl (C=O) groups is 1. The molecule has 0 fully saturated rings. The van der Waals surface area contributed by atoms with Gasteiger partial charge in [-0.3, -0.25) is 4.79 Å². The minimum absolute atomic E-state index is 0.0612. The van der Waals surface area contributed by atoms with Crippen molar-refractivity contribution in [2.45, 2.75) is 26.1 Å². The Bertz CT molecular complexity index is 735. The van der Waals surface area contributed by atoms with Crippen molar-refractivity contribution in [3.63, 3.8) is 0 Å². The van der Waals surface area contributed by atoms with Crippen LogP contribution in [0.25, 0.3) is 0 Å². The fraction of sp³-hybridized carbons (Fsp3) is 0.316. The monoisotopic (exact) mass is 384 g/mol. The molecule has 0 saturated heterocycles. The normalized spacial score (nSPS) is 11.3. The smallest absolute Gasteiger partial charge is 0.385 e. The van der Waals surface area contributed by atoms with Gasteiger partial charge in [0, 0.05) is 31.7 Å². The van der Waals surface area contributed by atoms with Gasteiger partial charge in [-0.1, -0.05) is 41.9 Å². The summed E-state index contributed by atoms with van der Waals surface area (Å²) in [6.07, 6.45) is -4.33. The Morgan fingerprint density at radius 1 is 1.15 bits per heavy atom. The van der Waals surface area contributed by atoms with Crippen LogP contribution in [-0.4, -0.2) is 23.9 Å². The maximum absolute atomic E-state index is 12.9. The van der Waals surface area contributed by atoms with E-state index in [0.717, 1.165) is 11.6 Å². The first kappa shape index (κ1) is 20.1. The third kappa shape index (κ3) is 5.66. The summed E-state index contributed by atoms with van der Waals surface area (Å²) in [5, 5.41) is 2.50. The molecule has 0 spiro atoms. The van der Waals surface area contributed by atoms with Crippen LogP contribution in [0.3, 0.4) is 0 Å². The van der Waals surface area contributed by atoms with Crippen LogP contribution in [0.4, 0.5) is 18.9 Å². The number of nitrogens with zero attached hydrogens (tertiary/aromatic N) is 1. The Balaban J connectivity index is 1.91. The van der Waals surface area contributed by atoms with Crippen molar-refractivity contribution in [3.05, 3.63) is 64.7 Å². The van der Waals surface area contributed by atoms with E-state index in [2.05, 4.69) is 5.32 Å². The van der Waals surface area contributed by atoms with Crippen LogP contribution in [0.15, 0.2) is 48.5 Å². The molecule has 3 nitrogen and oxygen atoms in total. The van der Waals surface area contributed by atoms with Gasteiger partial charge in [-0.15, -0.1) is 0 Å². The molecule has 0 aliphatic carbocycles. The highest BCUT2D eigenvalue weighted by Crippen LogP contribution is 2.36. The van der Waals surface area contributed by atoms with Crippen LogP contribution in [0.5, 0.6) is 0 Å². The van der Waals surface area contributed by atoms with E-state index in [1.165, 1.54) is 12.1 Å². The van der Waals surface area contributed by atoms with Gasteiger partial charge >= 0.3 is 6.18 Å². The standard InChI is InChI=1S/C19H20ClF3N2O/c1-2-25(13-14-6-4-3-5-7-14)18(26)10-11-24-15-8-9-17(20)16(12-15)19(21,22)23/h3-9,12,24H,2,10-11,13H2,1H3. The second-order valence-corrected chi connectivity index (χ2v) is 6.17. The molecule has 0 radical (unpaired) electrons. The fourth-order valence-corrected chi connectivity index (χ4v) is 2.73. The summed E-state index contributed by atoms with van der Waals surface area (Å²) in [5.74, 6) is -0.0612. The van der Waals surface area contributed by atoms with Crippen molar-refractivity contribution in [2.75, 3.05) is 18.4 Å². The summed E-state index contributed by atoms with van der Waals surface area (Å²) >= 11 is 5.59. The van der Waals surface area contributed by atoms with Gasteiger partial charge in [0.1, 0.15) is 0 Å². The predicted octanol–water partition coefficient (Wildman–Crippen LogP) is 5.21. The second kappa shape index (κ2) is 8.94. The molecule has 1 amide bonds. The van der Waals surface area contributed by atoms with Gasteiger partial charge in [0.05, 0.1) is 10.6 Å². The minimum Gasteiger partial charge on any atom is -0.385 e. The first-order valence-electron chi connectivity index (χ1n) is 8.23. The van der Waals surface area contributed by atoms with Gasteiger partial charge in [-0.25, -0.2) is 0 Å². The van der Waals surface area contributed by atoms with Crippen LogP contribution in [0, 0.1) is 0 Å². The highest BCUT2D eigenvalue weighted by molar-refractivity contribution is 6.31. The lowest BCUT2D eigenvalue weighted by atomic mass is 10.2. The molecular formula is C19H20ClF3N2O. The fourth-order valence-electron chi connectivity index (χ4n) is 2.50. The summed E-state index contributed by atoms with van der Waals surface area (Å²) in [4.78, 5) is 14.0. The first-order valence-corrected chi connectivity index (χ1v) is 8.61. The summed E-state index contributed by atoms with van der Waals surface area (Å²) in [5.41, 5.74) is 0.415. The van der Waals surface area contributed by atoms with Crippen LogP contribution < -0.4 is 5.32 Å². The van der Waals surface area contributed by atoms with Crippen LogP contribution in [-0.2, 0) is 17.5 Å². The zero-order valence-electron chi connectivity index (χ0n) is 14.3. The SMILES string of the molecule is CCN(Cc1ccccc1)C(=O)CCNc1ccc(Cl)c(C(F)(F)F)c1. The number of anilines is 1. The first-order chi connectivity index (χ1) is 12.3. The van der Waals surface area contributed by atoms with Gasteiger partial charge < -0.3 is 10.2 Å². The molecule has 7 heteroatoms. The third-order valence-electron chi connectivity index (χ3n) is 3.89. The van der Waals surface area contributed by atoms with Gasteiger partial charge in [0.15, 0.2) is 0 Å². The topological polar surface area (TPSA) is 32.3 Å². The Kier molecular flexibility index (Phi) is 6.91. The van der Waals surface area contributed by atoms with Crippen LogP contribution in [0.1, 0.15) is 24.5 Å². The van der Waals surface area contributed by atoms with Crippen molar-refractivity contribution in [1.82, 2.24) is 4.90 Å². The number of amides is 1. The van der Waals surface area contributed by atoms with Gasteiger partial charge in [-0.2, -0.15) is 13.2 Å². The largest absolute Gasteiger partial charge is 0.417 e. The predicted molar refractivity (Wildman–Crippen MR) is 97.1 cm³/mol. The van der Waals surface area contributed by atoms with E-state index in [1.54, 1.807) is 4.90 Å². The lowest BCUT2D eigenvalue weighted by Crippen LogP contribution is -2.31. The number of carbonyl (C=O) groups excluding carboxylic acids is 1.